The Balaban J connectivity index is 2.05. The molecule has 0 radical (unpaired) electrons. The van der Waals surface area contributed by atoms with E-state index in [1.54, 1.807) is 12.1 Å². The average molecular weight is 557 g/mol. The van der Waals surface area contributed by atoms with Gasteiger partial charge in [-0.15, -0.1) is 0 Å². The molecule has 0 aliphatic carbocycles. The molecule has 0 unspecified atom stereocenters. The number of halogens is 9. The Morgan fingerprint density at radius 2 is 1.37 bits per heavy atom. The normalized spacial score (nSPS) is 16.7. The van der Waals surface area contributed by atoms with Crippen LogP contribution >= 0.6 is 0 Å². The van der Waals surface area contributed by atoms with Gasteiger partial charge in [0.05, 0.1) is 5.69 Å². The van der Waals surface area contributed by atoms with Crippen molar-refractivity contribution in [2.24, 2.45) is 0 Å². The Morgan fingerprint density at radius 3 is 1.82 bits per heavy atom. The number of aromatic nitrogens is 1. The monoisotopic (exact) mass is 557 g/mol. The summed E-state index contributed by atoms with van der Waals surface area (Å²) < 4.78 is 123. The Kier molecular flexibility index (Phi) is 6.92. The van der Waals surface area contributed by atoms with Gasteiger partial charge in [-0.25, -0.2) is 14.5 Å². The lowest BCUT2D eigenvalue weighted by Crippen LogP contribution is -2.58. The van der Waals surface area contributed by atoms with E-state index in [-0.39, 0.29) is 18.7 Å². The molecule has 7 nitrogen and oxygen atoms in total. The third-order valence-corrected chi connectivity index (χ3v) is 5.72. The minimum Gasteiger partial charge on any atom is -0.428 e. The third kappa shape index (κ3) is 4.74. The number of nitrogens with zero attached hydrogens (tertiary/aromatic N) is 3. The number of alkyl halides is 9. The van der Waals surface area contributed by atoms with E-state index >= 15 is 0 Å². The average Bonchev–Trinajstić information content (AvgIpc) is 2.95. The molecule has 1 aromatic heterocycles. The van der Waals surface area contributed by atoms with E-state index in [4.69, 9.17) is 0 Å². The van der Waals surface area contributed by atoms with Crippen molar-refractivity contribution in [3.05, 3.63) is 59.9 Å². The van der Waals surface area contributed by atoms with Crippen LogP contribution in [0.15, 0.2) is 48.8 Å². The quantitative estimate of drug-likeness (QED) is 0.285. The second-order valence-electron chi connectivity index (χ2n) is 8.53. The topological polar surface area (TPSA) is 79.8 Å². The summed E-state index contributed by atoms with van der Waals surface area (Å²) in [6, 6.07) is 3.24. The van der Waals surface area contributed by atoms with Crippen LogP contribution in [-0.4, -0.2) is 51.9 Å². The molecule has 3 rings (SSSR count). The SMILES string of the molecule is CC1(C)C(=O)N(c2ccc(C(OC(=O)C(F)(F)F)(C(F)(F)F)C(F)(F)F)cc2)C(=O)N1Cc1ccncc1. The largest absolute Gasteiger partial charge is 0.490 e. The molecule has 0 atom stereocenters. The minimum absolute atomic E-state index is 0.0685. The first-order chi connectivity index (χ1) is 17.2. The van der Waals surface area contributed by atoms with E-state index in [2.05, 4.69) is 9.72 Å². The summed E-state index contributed by atoms with van der Waals surface area (Å²) in [6.07, 6.45) is -16.5. The molecule has 0 spiro atoms. The first kappa shape index (κ1) is 28.7. The van der Waals surface area contributed by atoms with Crippen molar-refractivity contribution in [2.45, 2.75) is 50.1 Å². The predicted molar refractivity (Wildman–Crippen MR) is 109 cm³/mol. The second kappa shape index (κ2) is 9.16. The number of esters is 1. The Hall–Kier alpha value is -3.85. The maximum absolute atomic E-state index is 13.7. The van der Waals surface area contributed by atoms with E-state index in [9.17, 15) is 53.9 Å². The molecular weight excluding hydrogens is 541 g/mol. The molecule has 0 N–H and O–H groups in total. The molecule has 2 aromatic rings. The van der Waals surface area contributed by atoms with Crippen LogP contribution in [0.5, 0.6) is 0 Å². The standard InChI is InChI=1S/C22H16F9N3O4/c1-18(2)15(35)34(17(37)33(18)11-12-7-9-32-10-8-12)14-5-3-13(4-6-14)19(21(26,27)28,22(29,30)31)38-16(36)20(23,24)25/h3-10H,11H2,1-2H3. The summed E-state index contributed by atoms with van der Waals surface area (Å²) in [5, 5.41) is 0. The predicted octanol–water partition coefficient (Wildman–Crippen LogP) is 5.25. The smallest absolute Gasteiger partial charge is 0.428 e. The van der Waals surface area contributed by atoms with Gasteiger partial charge in [0.25, 0.3) is 5.91 Å². The number of hydrogen-bond donors (Lipinski definition) is 0. The molecule has 1 aromatic carbocycles. The fourth-order valence-electron chi connectivity index (χ4n) is 3.70. The summed E-state index contributed by atoms with van der Waals surface area (Å²) in [4.78, 5) is 42.6. The van der Waals surface area contributed by atoms with Crippen LogP contribution in [0.1, 0.15) is 25.0 Å². The van der Waals surface area contributed by atoms with Crippen LogP contribution in [0.3, 0.4) is 0 Å². The van der Waals surface area contributed by atoms with Gasteiger partial charge in [-0.3, -0.25) is 9.78 Å². The molecule has 3 amide bonds. The van der Waals surface area contributed by atoms with Gasteiger partial charge in [-0.2, -0.15) is 39.5 Å². The maximum atomic E-state index is 13.7. The van der Waals surface area contributed by atoms with Crippen molar-refractivity contribution in [1.82, 2.24) is 9.88 Å². The van der Waals surface area contributed by atoms with Gasteiger partial charge >= 0.3 is 36.1 Å². The second-order valence-corrected chi connectivity index (χ2v) is 8.53. The van der Waals surface area contributed by atoms with Gasteiger partial charge < -0.3 is 9.64 Å². The molecule has 1 aliphatic heterocycles. The van der Waals surface area contributed by atoms with Gasteiger partial charge in [-0.1, -0.05) is 12.1 Å². The summed E-state index contributed by atoms with van der Waals surface area (Å²) in [5.74, 6) is -4.61. The zero-order valence-corrected chi connectivity index (χ0v) is 19.2. The van der Waals surface area contributed by atoms with Crippen molar-refractivity contribution in [2.75, 3.05) is 4.90 Å². The number of rotatable bonds is 5. The highest BCUT2D eigenvalue weighted by atomic mass is 19.4. The highest BCUT2D eigenvalue weighted by Gasteiger charge is 2.76. The van der Waals surface area contributed by atoms with Crippen LogP contribution < -0.4 is 4.90 Å². The molecular formula is C22H16F9N3O4. The van der Waals surface area contributed by atoms with Crippen molar-refractivity contribution in [1.29, 1.82) is 0 Å². The van der Waals surface area contributed by atoms with Crippen LogP contribution in [0, 0.1) is 0 Å². The fraction of sp³-hybridized carbons (Fsp3) is 0.364. The number of urea groups is 1. The van der Waals surface area contributed by atoms with E-state index in [1.807, 2.05) is 0 Å². The van der Waals surface area contributed by atoms with Crippen LogP contribution in [0.4, 0.5) is 50.0 Å². The van der Waals surface area contributed by atoms with Crippen molar-refractivity contribution >= 4 is 23.6 Å². The Morgan fingerprint density at radius 1 is 0.868 bits per heavy atom. The lowest BCUT2D eigenvalue weighted by Gasteiger charge is -2.37. The van der Waals surface area contributed by atoms with Crippen LogP contribution in [0.2, 0.25) is 0 Å². The maximum Gasteiger partial charge on any atom is 0.490 e. The number of carbonyl (C=O) groups excluding carboxylic acids is 3. The number of pyridine rings is 1. The molecule has 1 aliphatic rings. The van der Waals surface area contributed by atoms with Gasteiger partial charge in [0.1, 0.15) is 5.54 Å². The zero-order chi connectivity index (χ0) is 28.9. The van der Waals surface area contributed by atoms with Crippen molar-refractivity contribution in [3.8, 4) is 0 Å². The molecule has 2 heterocycles. The molecule has 0 saturated carbocycles. The summed E-state index contributed by atoms with van der Waals surface area (Å²) in [7, 11) is 0. The molecule has 1 saturated heterocycles. The molecule has 206 valence electrons. The summed E-state index contributed by atoms with van der Waals surface area (Å²) in [5.41, 5.74) is -9.06. The fourth-order valence-corrected chi connectivity index (χ4v) is 3.70. The van der Waals surface area contributed by atoms with Crippen molar-refractivity contribution in [3.63, 3.8) is 0 Å². The molecule has 16 heteroatoms. The minimum atomic E-state index is -6.59. The molecule has 38 heavy (non-hydrogen) atoms. The number of anilines is 1. The summed E-state index contributed by atoms with van der Waals surface area (Å²) in [6.45, 7) is 2.61. The Bertz CT molecular complexity index is 1210. The molecule has 1 fully saturated rings. The highest BCUT2D eigenvalue weighted by Crippen LogP contribution is 2.54. The number of benzene rings is 1. The number of imide groups is 1. The van der Waals surface area contributed by atoms with Crippen molar-refractivity contribution < 1.29 is 58.6 Å². The number of amides is 3. The zero-order valence-electron chi connectivity index (χ0n) is 19.2. The van der Waals surface area contributed by atoms with Crippen LogP contribution in [0.25, 0.3) is 0 Å². The summed E-state index contributed by atoms with van der Waals surface area (Å²) >= 11 is 0. The van der Waals surface area contributed by atoms with Gasteiger partial charge in [0, 0.05) is 24.5 Å². The van der Waals surface area contributed by atoms with Crippen LogP contribution in [-0.2, 0) is 26.5 Å². The number of carbonyl (C=O) groups is 3. The Labute approximate surface area is 207 Å². The lowest BCUT2D eigenvalue weighted by molar-refractivity contribution is -0.382. The number of hydrogen-bond acceptors (Lipinski definition) is 5. The van der Waals surface area contributed by atoms with Gasteiger partial charge in [0.15, 0.2) is 0 Å². The lowest BCUT2D eigenvalue weighted by atomic mass is 9.91. The van der Waals surface area contributed by atoms with E-state index in [1.165, 1.54) is 26.2 Å². The van der Waals surface area contributed by atoms with E-state index in [0.717, 1.165) is 4.90 Å². The van der Waals surface area contributed by atoms with E-state index < -0.39 is 58.8 Å². The molecule has 0 bridgehead atoms. The first-order valence-corrected chi connectivity index (χ1v) is 10.3. The van der Waals surface area contributed by atoms with Gasteiger partial charge in [-0.05, 0) is 43.7 Å². The third-order valence-electron chi connectivity index (χ3n) is 5.72. The first-order valence-electron chi connectivity index (χ1n) is 10.3. The van der Waals surface area contributed by atoms with E-state index in [0.29, 0.717) is 22.6 Å². The highest BCUT2D eigenvalue weighted by molar-refractivity contribution is 6.22. The van der Waals surface area contributed by atoms with Gasteiger partial charge in [0.2, 0.25) is 0 Å². The number of ether oxygens (including phenoxy) is 1.